The summed E-state index contributed by atoms with van der Waals surface area (Å²) in [6.07, 6.45) is -9.34. The van der Waals surface area contributed by atoms with Gasteiger partial charge < -0.3 is 9.84 Å². The van der Waals surface area contributed by atoms with E-state index in [4.69, 9.17) is 14.6 Å². The molecule has 4 N–H and O–H groups in total. The van der Waals surface area contributed by atoms with E-state index in [0.717, 1.165) is 41.0 Å². The maximum Gasteiger partial charge on any atom is 0.490 e. The number of nitrogens with zero attached hydrogens (tertiary/aromatic N) is 1. The maximum absolute atomic E-state index is 13.3. The monoisotopic (exact) mass is 638 g/mol. The molecule has 0 aromatic heterocycles. The quantitative estimate of drug-likeness (QED) is 0.160. The van der Waals surface area contributed by atoms with E-state index in [0.29, 0.717) is 17.9 Å². The summed E-state index contributed by atoms with van der Waals surface area (Å²) in [5.41, 5.74) is 1.22. The predicted octanol–water partition coefficient (Wildman–Crippen LogP) is 6.41. The van der Waals surface area contributed by atoms with Gasteiger partial charge in [-0.1, -0.05) is 42.5 Å². The van der Waals surface area contributed by atoms with Crippen LogP contribution in [0.5, 0.6) is 11.5 Å². The molecule has 230 valence electrons. The van der Waals surface area contributed by atoms with Crippen molar-refractivity contribution in [2.45, 2.75) is 23.7 Å². The fourth-order valence-corrected chi connectivity index (χ4v) is 5.22. The van der Waals surface area contributed by atoms with E-state index < -0.39 is 38.8 Å². The second-order valence-electron chi connectivity index (χ2n) is 9.16. The number of benzene rings is 4. The molecule has 1 aliphatic heterocycles. The maximum atomic E-state index is 13.3. The molecule has 0 amide bonds. The van der Waals surface area contributed by atoms with Crippen molar-refractivity contribution in [2.24, 2.45) is 4.99 Å². The molecule has 4 aromatic carbocycles. The van der Waals surface area contributed by atoms with Gasteiger partial charge in [0.05, 0.1) is 22.6 Å². The summed E-state index contributed by atoms with van der Waals surface area (Å²) in [6, 6.07) is 25.8. The topological polar surface area (TPSA) is 122 Å². The van der Waals surface area contributed by atoms with E-state index >= 15 is 0 Å². The first kappa shape index (κ1) is 32.0. The zero-order valence-corrected chi connectivity index (χ0v) is 23.0. The van der Waals surface area contributed by atoms with Crippen LogP contribution in [0.15, 0.2) is 107 Å². The van der Waals surface area contributed by atoms with Crippen LogP contribution < -0.4 is 14.8 Å². The molecule has 0 fully saturated rings. The molecule has 1 aliphatic rings. The van der Waals surface area contributed by atoms with Crippen LogP contribution in [-0.2, 0) is 27.4 Å². The third-order valence-electron chi connectivity index (χ3n) is 5.88. The Balaban J connectivity index is 0.000000566. The lowest BCUT2D eigenvalue weighted by molar-refractivity contribution is -0.440. The van der Waals surface area contributed by atoms with Crippen molar-refractivity contribution in [3.8, 4) is 11.5 Å². The number of hydrogen-bond donors (Lipinski definition) is 3. The number of amidine groups is 1. The Bertz CT molecular complexity index is 1780. The number of hydrogen-bond acceptors (Lipinski definition) is 5. The molecule has 0 atom stereocenters. The van der Waals surface area contributed by atoms with Crippen molar-refractivity contribution in [2.75, 3.05) is 4.72 Å². The molecule has 0 saturated heterocycles. The van der Waals surface area contributed by atoms with Crippen molar-refractivity contribution in [3.05, 3.63) is 108 Å². The Morgan fingerprint density at radius 1 is 0.841 bits per heavy atom. The molecule has 0 spiro atoms. The molecule has 4 aromatic rings. The number of nitrogens with one attached hydrogen (secondary N) is 1. The molecule has 0 radical (unpaired) electrons. The molecule has 0 bridgehead atoms. The number of halogens is 6. The third-order valence-corrected chi connectivity index (χ3v) is 7.32. The van der Waals surface area contributed by atoms with Crippen molar-refractivity contribution in [1.82, 2.24) is 0 Å². The van der Waals surface area contributed by atoms with E-state index in [1.807, 2.05) is 59.9 Å². The zero-order chi connectivity index (χ0) is 32.1. The number of carboxylic acid groups (broad SMARTS) is 1. The largest absolute Gasteiger partial charge is 0.490 e. The van der Waals surface area contributed by atoms with Gasteiger partial charge in [0, 0.05) is 6.07 Å². The molecular weight excluding hydrogens is 616 g/mol. The lowest BCUT2D eigenvalue weighted by Crippen LogP contribution is -2.81. The van der Waals surface area contributed by atoms with Crippen LogP contribution in [0.25, 0.3) is 0 Å². The molecule has 15 heteroatoms. The number of para-hydroxylation sites is 1. The van der Waals surface area contributed by atoms with Crippen LogP contribution in [0.4, 0.5) is 43.4 Å². The van der Waals surface area contributed by atoms with Gasteiger partial charge >= 0.3 is 18.3 Å². The van der Waals surface area contributed by atoms with Gasteiger partial charge in [0.2, 0.25) is 5.84 Å². The van der Waals surface area contributed by atoms with Gasteiger partial charge in [0.15, 0.2) is 5.69 Å². The van der Waals surface area contributed by atoms with Gasteiger partial charge in [-0.25, -0.2) is 13.2 Å². The molecule has 1 heterocycles. The molecular formula is C29H22F6N3O5S+. The van der Waals surface area contributed by atoms with Crippen LogP contribution in [0.2, 0.25) is 0 Å². The highest BCUT2D eigenvalue weighted by molar-refractivity contribution is 7.92. The molecule has 5 rings (SSSR count). The average molecular weight is 639 g/mol. The van der Waals surface area contributed by atoms with Crippen LogP contribution in [0, 0.1) is 0 Å². The van der Waals surface area contributed by atoms with Crippen molar-refractivity contribution in [3.63, 3.8) is 0 Å². The van der Waals surface area contributed by atoms with Crippen molar-refractivity contribution >= 4 is 38.9 Å². The summed E-state index contributed by atoms with van der Waals surface area (Å²) >= 11 is 0. The number of anilines is 1. The molecule has 44 heavy (non-hydrogen) atoms. The summed E-state index contributed by atoms with van der Waals surface area (Å²) in [4.78, 5) is 12.6. The number of sulfonamides is 1. The highest BCUT2D eigenvalue weighted by Crippen LogP contribution is 2.35. The third kappa shape index (κ3) is 8.35. The van der Waals surface area contributed by atoms with Gasteiger partial charge in [-0.2, -0.15) is 31.3 Å². The second kappa shape index (κ2) is 12.8. The number of carboxylic acids is 1. The number of nitrogens with two attached hydrogens (primary N) is 1. The van der Waals surface area contributed by atoms with Crippen LogP contribution in [0.1, 0.15) is 11.1 Å². The second-order valence-corrected chi connectivity index (χ2v) is 10.8. The van der Waals surface area contributed by atoms with Gasteiger partial charge in [0.25, 0.3) is 10.0 Å². The van der Waals surface area contributed by atoms with E-state index in [1.165, 1.54) is 18.2 Å². The van der Waals surface area contributed by atoms with E-state index in [1.54, 1.807) is 6.07 Å². The first-order valence-corrected chi connectivity index (χ1v) is 14.0. The number of alkyl halides is 6. The predicted molar refractivity (Wildman–Crippen MR) is 148 cm³/mol. The summed E-state index contributed by atoms with van der Waals surface area (Å²) < 4.78 is 105. The lowest BCUT2D eigenvalue weighted by Gasteiger charge is -2.14. The summed E-state index contributed by atoms with van der Waals surface area (Å²) in [5, 5.41) is 9.01. The number of aliphatic imine (C=N–C) groups is 1. The number of carbonyl (C=O) groups is 1. The number of fused-ring (bicyclic) bond motifs is 1. The van der Waals surface area contributed by atoms with Crippen LogP contribution in [-0.4, -0.2) is 31.5 Å². The summed E-state index contributed by atoms with van der Waals surface area (Å²) in [5.74, 6) is -0.534. The van der Waals surface area contributed by atoms with Crippen LogP contribution >= 0.6 is 0 Å². The highest BCUT2D eigenvalue weighted by atomic mass is 32.2. The molecule has 8 nitrogen and oxygen atoms in total. The number of rotatable bonds is 7. The van der Waals surface area contributed by atoms with Gasteiger partial charge in [0.1, 0.15) is 17.2 Å². The number of ether oxygens (including phenoxy) is 1. The van der Waals surface area contributed by atoms with E-state index in [9.17, 15) is 34.8 Å². The summed E-state index contributed by atoms with van der Waals surface area (Å²) in [7, 11) is -4.47. The summed E-state index contributed by atoms with van der Waals surface area (Å²) in [6.45, 7) is 0. The van der Waals surface area contributed by atoms with Gasteiger partial charge in [-0.05, 0) is 54.1 Å². The smallest absolute Gasteiger partial charge is 0.475 e. The Hall–Kier alpha value is -4.89. The fourth-order valence-electron chi connectivity index (χ4n) is 3.94. The SMILES string of the molecule is O=C(O)C(F)(F)F.O=S(=O)(Nc1ccc2c(c1)N=C(Cc1ccc(Oc3ccccc3)cc1)[NH2+]2)c1ccccc1C(F)(F)F. The first-order chi connectivity index (χ1) is 20.6. The van der Waals surface area contributed by atoms with Crippen molar-refractivity contribution < 1.29 is 54.7 Å². The van der Waals surface area contributed by atoms with Crippen LogP contribution in [0.3, 0.4) is 0 Å². The Labute approximate surface area is 246 Å². The molecule has 0 unspecified atom stereocenters. The fraction of sp³-hybridized carbons (Fsp3) is 0.103. The Kier molecular flexibility index (Phi) is 9.30. The standard InChI is InChI=1S/C27H20F3N3O3S.C2HF3O2/c28-27(29,30)22-8-4-5-9-25(22)37(34,35)33-19-12-15-23-24(17-19)32-26(31-23)16-18-10-13-21(14-11-18)36-20-6-2-1-3-7-20;3-2(4,5)1(6)7/h1-15,17,33H,16H2,(H,31,32);(H,6,7)/p+1. The molecule has 0 aliphatic carbocycles. The Morgan fingerprint density at radius 2 is 1.43 bits per heavy atom. The highest BCUT2D eigenvalue weighted by Gasteiger charge is 2.38. The zero-order valence-electron chi connectivity index (χ0n) is 22.2. The van der Waals surface area contributed by atoms with E-state index in [-0.39, 0.29) is 5.69 Å². The minimum Gasteiger partial charge on any atom is -0.475 e. The average Bonchev–Trinajstić information content (AvgIpc) is 3.35. The van der Waals surface area contributed by atoms with E-state index in [2.05, 4.69) is 9.71 Å². The van der Waals surface area contributed by atoms with Gasteiger partial charge in [-0.3, -0.25) is 10.0 Å². The number of quaternary nitrogens is 1. The minimum atomic E-state index is -5.08. The van der Waals surface area contributed by atoms with Gasteiger partial charge in [-0.15, -0.1) is 0 Å². The normalized spacial score (nSPS) is 12.8. The first-order valence-electron chi connectivity index (χ1n) is 12.5. The minimum absolute atomic E-state index is 0.122. The Morgan fingerprint density at radius 3 is 2.05 bits per heavy atom. The van der Waals surface area contributed by atoms with Crippen molar-refractivity contribution in [1.29, 1.82) is 0 Å². The lowest BCUT2D eigenvalue weighted by atomic mass is 10.1. The number of aliphatic carboxylic acids is 1. The molecule has 0 saturated carbocycles.